The van der Waals surface area contributed by atoms with Gasteiger partial charge in [0.1, 0.15) is 0 Å². The smallest absolute Gasteiger partial charge is 0.177 e. The molecule has 1 aliphatic rings. The average molecular weight is 248 g/mol. The average Bonchev–Trinajstić information content (AvgIpc) is 2.81. The number of aliphatic hydroxyl groups is 1. The van der Waals surface area contributed by atoms with Crippen molar-refractivity contribution in [3.8, 4) is 0 Å². The van der Waals surface area contributed by atoms with Gasteiger partial charge in [0.05, 0.1) is 11.0 Å². The van der Waals surface area contributed by atoms with Crippen LogP contribution in [-0.2, 0) is 4.74 Å². The number of aromatic nitrogens is 1. The van der Waals surface area contributed by atoms with Crippen LogP contribution in [0.2, 0.25) is 0 Å². The van der Waals surface area contributed by atoms with Crippen LogP contribution in [0.15, 0.2) is 28.8 Å². The maximum atomic E-state index is 10.3. The van der Waals surface area contributed by atoms with Gasteiger partial charge in [-0.2, -0.15) is 0 Å². The summed E-state index contributed by atoms with van der Waals surface area (Å²) < 4.78 is 10.5. The van der Waals surface area contributed by atoms with Crippen LogP contribution in [0.1, 0.15) is 12.8 Å². The fourth-order valence-corrected chi connectivity index (χ4v) is 2.19. The van der Waals surface area contributed by atoms with Crippen LogP contribution in [0.25, 0.3) is 11.0 Å². The van der Waals surface area contributed by atoms with Gasteiger partial charge in [-0.25, -0.2) is 0 Å². The Morgan fingerprint density at radius 3 is 2.89 bits per heavy atom. The first-order chi connectivity index (χ1) is 8.77. The first-order valence-electron chi connectivity index (χ1n) is 6.15. The largest absolute Gasteiger partial charge is 0.388 e. The summed E-state index contributed by atoms with van der Waals surface area (Å²) in [7, 11) is 0. The highest BCUT2D eigenvalue weighted by Crippen LogP contribution is 2.25. The number of anilines is 1. The van der Waals surface area contributed by atoms with E-state index >= 15 is 0 Å². The van der Waals surface area contributed by atoms with Crippen molar-refractivity contribution in [3.05, 3.63) is 24.3 Å². The molecule has 1 aliphatic heterocycles. The van der Waals surface area contributed by atoms with Gasteiger partial charge in [0.25, 0.3) is 0 Å². The standard InChI is InChI=1S/C13H16N2O3/c16-13(5-7-17-8-6-13)9-14-12-10-3-1-2-4-11(10)18-15-12/h1-4,16H,5-9H2,(H,14,15). The van der Waals surface area contributed by atoms with Crippen molar-refractivity contribution in [1.29, 1.82) is 0 Å². The lowest BCUT2D eigenvalue weighted by molar-refractivity contribution is -0.0543. The molecule has 0 amide bonds. The lowest BCUT2D eigenvalue weighted by Crippen LogP contribution is -2.42. The van der Waals surface area contributed by atoms with Gasteiger partial charge in [-0.1, -0.05) is 17.3 Å². The molecule has 0 spiro atoms. The van der Waals surface area contributed by atoms with E-state index in [0.29, 0.717) is 38.4 Å². The van der Waals surface area contributed by atoms with Gasteiger partial charge >= 0.3 is 0 Å². The van der Waals surface area contributed by atoms with Crippen LogP contribution < -0.4 is 5.32 Å². The van der Waals surface area contributed by atoms with Crippen LogP contribution in [0.4, 0.5) is 5.82 Å². The Hall–Kier alpha value is -1.59. The Bertz CT molecular complexity index is 532. The van der Waals surface area contributed by atoms with Crippen molar-refractivity contribution in [2.45, 2.75) is 18.4 Å². The Labute approximate surface area is 105 Å². The zero-order chi connectivity index (χ0) is 12.4. The molecule has 18 heavy (non-hydrogen) atoms. The van der Waals surface area contributed by atoms with Gasteiger partial charge in [-0.05, 0) is 12.1 Å². The highest BCUT2D eigenvalue weighted by Gasteiger charge is 2.29. The molecule has 0 atom stereocenters. The molecule has 2 aromatic rings. The molecule has 1 fully saturated rings. The number of para-hydroxylation sites is 1. The number of rotatable bonds is 3. The third-order valence-electron chi connectivity index (χ3n) is 3.39. The van der Waals surface area contributed by atoms with Gasteiger partial charge in [-0.3, -0.25) is 0 Å². The van der Waals surface area contributed by atoms with E-state index in [1.54, 1.807) is 0 Å². The summed E-state index contributed by atoms with van der Waals surface area (Å²) >= 11 is 0. The highest BCUT2D eigenvalue weighted by atomic mass is 16.5. The number of hydrogen-bond acceptors (Lipinski definition) is 5. The molecule has 0 saturated carbocycles. The summed E-state index contributed by atoms with van der Waals surface area (Å²) in [5.41, 5.74) is 0.0390. The number of benzene rings is 1. The number of hydrogen-bond donors (Lipinski definition) is 2. The predicted molar refractivity (Wildman–Crippen MR) is 67.5 cm³/mol. The molecule has 1 aromatic carbocycles. The van der Waals surface area contributed by atoms with E-state index in [9.17, 15) is 5.11 Å². The Morgan fingerprint density at radius 1 is 1.28 bits per heavy atom. The maximum absolute atomic E-state index is 10.3. The summed E-state index contributed by atoms with van der Waals surface area (Å²) in [5.74, 6) is 0.686. The summed E-state index contributed by atoms with van der Waals surface area (Å²) in [6.07, 6.45) is 1.30. The first kappa shape index (κ1) is 11.5. The molecule has 5 nitrogen and oxygen atoms in total. The Balaban J connectivity index is 1.73. The summed E-state index contributed by atoms with van der Waals surface area (Å²) in [6.45, 7) is 1.68. The molecular formula is C13H16N2O3. The second-order valence-electron chi connectivity index (χ2n) is 4.72. The Morgan fingerprint density at radius 2 is 2.06 bits per heavy atom. The lowest BCUT2D eigenvalue weighted by atomic mass is 9.94. The van der Waals surface area contributed by atoms with Crippen molar-refractivity contribution >= 4 is 16.8 Å². The molecule has 5 heteroatoms. The van der Waals surface area contributed by atoms with Crippen LogP contribution in [0.5, 0.6) is 0 Å². The van der Waals surface area contributed by atoms with E-state index in [4.69, 9.17) is 9.26 Å². The Kier molecular flexibility index (Phi) is 2.93. The lowest BCUT2D eigenvalue weighted by Gasteiger charge is -2.32. The van der Waals surface area contributed by atoms with Crippen LogP contribution >= 0.6 is 0 Å². The summed E-state index contributed by atoms with van der Waals surface area (Å²) in [5, 5.41) is 18.4. The van der Waals surface area contributed by atoms with E-state index in [2.05, 4.69) is 10.5 Å². The third-order valence-corrected chi connectivity index (χ3v) is 3.39. The number of ether oxygens (including phenoxy) is 1. The molecule has 96 valence electrons. The second-order valence-corrected chi connectivity index (χ2v) is 4.72. The summed E-state index contributed by atoms with van der Waals surface area (Å²) in [4.78, 5) is 0. The molecule has 3 rings (SSSR count). The molecule has 0 unspecified atom stereocenters. The van der Waals surface area contributed by atoms with Crippen LogP contribution in [-0.4, -0.2) is 35.6 Å². The number of fused-ring (bicyclic) bond motifs is 1. The monoisotopic (exact) mass is 248 g/mol. The molecular weight excluding hydrogens is 232 g/mol. The third kappa shape index (κ3) is 2.19. The van der Waals surface area contributed by atoms with Gasteiger partial charge in [0.2, 0.25) is 0 Å². The fraction of sp³-hybridized carbons (Fsp3) is 0.462. The minimum Gasteiger partial charge on any atom is -0.388 e. The van der Waals surface area contributed by atoms with Crippen molar-refractivity contribution in [2.75, 3.05) is 25.1 Å². The topological polar surface area (TPSA) is 67.5 Å². The summed E-state index contributed by atoms with van der Waals surface area (Å²) in [6, 6.07) is 7.66. The van der Waals surface area contributed by atoms with Crippen molar-refractivity contribution in [2.24, 2.45) is 0 Å². The molecule has 2 N–H and O–H groups in total. The van der Waals surface area contributed by atoms with Crippen molar-refractivity contribution < 1.29 is 14.4 Å². The number of nitrogens with zero attached hydrogens (tertiary/aromatic N) is 1. The van der Waals surface area contributed by atoms with Gasteiger partial charge in [-0.15, -0.1) is 0 Å². The zero-order valence-corrected chi connectivity index (χ0v) is 10.1. The van der Waals surface area contributed by atoms with E-state index < -0.39 is 5.60 Å². The van der Waals surface area contributed by atoms with E-state index in [0.717, 1.165) is 11.0 Å². The molecule has 0 aliphatic carbocycles. The van der Waals surface area contributed by atoms with Crippen LogP contribution in [0, 0.1) is 0 Å². The molecule has 1 saturated heterocycles. The van der Waals surface area contributed by atoms with Crippen molar-refractivity contribution in [3.63, 3.8) is 0 Å². The van der Waals surface area contributed by atoms with Gasteiger partial charge in [0, 0.05) is 32.6 Å². The van der Waals surface area contributed by atoms with Crippen molar-refractivity contribution in [1.82, 2.24) is 5.16 Å². The highest BCUT2D eigenvalue weighted by molar-refractivity contribution is 5.87. The quantitative estimate of drug-likeness (QED) is 0.866. The first-order valence-corrected chi connectivity index (χ1v) is 6.15. The SMILES string of the molecule is OC1(CNc2noc3ccccc23)CCOCC1. The second kappa shape index (κ2) is 4.59. The minimum absolute atomic E-state index is 0.465. The van der Waals surface area contributed by atoms with Gasteiger partial charge < -0.3 is 19.7 Å². The van der Waals surface area contributed by atoms with Gasteiger partial charge in [0.15, 0.2) is 11.4 Å². The van der Waals surface area contributed by atoms with E-state index in [1.165, 1.54) is 0 Å². The molecule has 0 radical (unpaired) electrons. The molecule has 2 heterocycles. The normalized spacial score (nSPS) is 18.9. The number of nitrogens with one attached hydrogen (secondary N) is 1. The van der Waals surface area contributed by atoms with E-state index in [1.807, 2.05) is 24.3 Å². The molecule has 0 bridgehead atoms. The predicted octanol–water partition coefficient (Wildman–Crippen LogP) is 1.78. The zero-order valence-electron chi connectivity index (χ0n) is 10.1. The fourth-order valence-electron chi connectivity index (χ4n) is 2.19. The van der Waals surface area contributed by atoms with E-state index in [-0.39, 0.29) is 0 Å². The van der Waals surface area contributed by atoms with Crippen LogP contribution in [0.3, 0.4) is 0 Å². The minimum atomic E-state index is -0.710. The molecule has 1 aromatic heterocycles. The maximum Gasteiger partial charge on any atom is 0.177 e.